The van der Waals surface area contributed by atoms with Crippen molar-refractivity contribution < 1.29 is 4.79 Å². The van der Waals surface area contributed by atoms with Crippen molar-refractivity contribution >= 4 is 58.2 Å². The van der Waals surface area contributed by atoms with Crippen LogP contribution in [0, 0.1) is 13.8 Å². The minimum absolute atomic E-state index is 0.258. The van der Waals surface area contributed by atoms with E-state index < -0.39 is 5.25 Å². The highest BCUT2D eigenvalue weighted by atomic mass is 35.5. The lowest BCUT2D eigenvalue weighted by atomic mass is 10.1. The van der Waals surface area contributed by atoms with Gasteiger partial charge in [0.25, 0.3) is 0 Å². The Bertz CT molecular complexity index is 1010. The number of hydrogen-bond donors (Lipinski definition) is 1. The number of halogens is 3. The highest BCUT2D eigenvalue weighted by Crippen LogP contribution is 2.34. The van der Waals surface area contributed by atoms with Gasteiger partial charge in [-0.2, -0.15) is 0 Å². The monoisotopic (exact) mass is 454 g/mol. The van der Waals surface area contributed by atoms with E-state index in [0.29, 0.717) is 15.9 Å². The summed E-state index contributed by atoms with van der Waals surface area (Å²) in [5, 5.41) is 12.0. The fourth-order valence-corrected chi connectivity index (χ4v) is 4.39. The highest BCUT2D eigenvalue weighted by molar-refractivity contribution is 8.00. The normalized spacial score (nSPS) is 12.1. The van der Waals surface area contributed by atoms with Crippen LogP contribution < -0.4 is 5.32 Å². The van der Waals surface area contributed by atoms with Crippen LogP contribution in [-0.2, 0) is 4.79 Å². The van der Waals surface area contributed by atoms with E-state index in [-0.39, 0.29) is 16.0 Å². The molecule has 0 radical (unpaired) electrons. The standard InChI is InChI=1S/C19H17Cl3N4OS/c1-10-4-5-16(11(2)6-10)26-9-23-25-19(26)28-12(3)18(27)24-17-14(21)7-13(20)8-15(17)22/h4-9,12H,1-3H3,(H,24,27). The van der Waals surface area contributed by atoms with E-state index in [1.165, 1.54) is 29.5 Å². The third-order valence-electron chi connectivity index (χ3n) is 4.03. The Morgan fingerprint density at radius 2 is 1.82 bits per heavy atom. The van der Waals surface area contributed by atoms with Gasteiger partial charge in [-0.15, -0.1) is 10.2 Å². The summed E-state index contributed by atoms with van der Waals surface area (Å²) >= 11 is 19.5. The first kappa shape index (κ1) is 21.0. The minimum Gasteiger partial charge on any atom is -0.323 e. The zero-order chi connectivity index (χ0) is 20.4. The van der Waals surface area contributed by atoms with Crippen LogP contribution in [-0.4, -0.2) is 25.9 Å². The summed E-state index contributed by atoms with van der Waals surface area (Å²) in [5.41, 5.74) is 3.57. The molecule has 1 N–H and O–H groups in total. The van der Waals surface area contributed by atoms with Gasteiger partial charge in [0.05, 0.1) is 26.7 Å². The molecule has 1 heterocycles. The topological polar surface area (TPSA) is 59.8 Å². The number of nitrogens with one attached hydrogen (secondary N) is 1. The van der Waals surface area contributed by atoms with Gasteiger partial charge in [-0.05, 0) is 44.5 Å². The highest BCUT2D eigenvalue weighted by Gasteiger charge is 2.21. The molecule has 0 spiro atoms. The molecule has 1 aromatic heterocycles. The first-order chi connectivity index (χ1) is 13.3. The van der Waals surface area contributed by atoms with E-state index in [0.717, 1.165) is 11.3 Å². The summed E-state index contributed by atoms with van der Waals surface area (Å²) < 4.78 is 1.87. The summed E-state index contributed by atoms with van der Waals surface area (Å²) in [6.07, 6.45) is 1.64. The van der Waals surface area contributed by atoms with Gasteiger partial charge in [0, 0.05) is 5.02 Å². The number of aromatic nitrogens is 3. The zero-order valence-corrected chi connectivity index (χ0v) is 18.4. The summed E-state index contributed by atoms with van der Waals surface area (Å²) in [4.78, 5) is 12.6. The molecule has 5 nitrogen and oxygen atoms in total. The average Bonchev–Trinajstić information content (AvgIpc) is 3.05. The van der Waals surface area contributed by atoms with E-state index >= 15 is 0 Å². The molecule has 0 aliphatic rings. The SMILES string of the molecule is Cc1ccc(-n2cnnc2SC(C)C(=O)Nc2c(Cl)cc(Cl)cc2Cl)c(C)c1. The van der Waals surface area contributed by atoms with Gasteiger partial charge in [0.1, 0.15) is 6.33 Å². The van der Waals surface area contributed by atoms with Gasteiger partial charge < -0.3 is 5.32 Å². The fraction of sp³-hybridized carbons (Fsp3) is 0.211. The number of anilines is 1. The molecule has 0 aliphatic heterocycles. The van der Waals surface area contributed by atoms with Crippen LogP contribution >= 0.6 is 46.6 Å². The van der Waals surface area contributed by atoms with Crippen molar-refractivity contribution in [3.63, 3.8) is 0 Å². The number of thioether (sulfide) groups is 1. The number of aryl methyl sites for hydroxylation is 2. The van der Waals surface area contributed by atoms with Crippen molar-refractivity contribution in [2.24, 2.45) is 0 Å². The maximum atomic E-state index is 12.6. The zero-order valence-electron chi connectivity index (χ0n) is 15.3. The van der Waals surface area contributed by atoms with Gasteiger partial charge >= 0.3 is 0 Å². The minimum atomic E-state index is -0.462. The molecular formula is C19H17Cl3N4OS. The Morgan fingerprint density at radius 1 is 1.14 bits per heavy atom. The lowest BCUT2D eigenvalue weighted by molar-refractivity contribution is -0.115. The molecule has 9 heteroatoms. The van der Waals surface area contributed by atoms with E-state index in [4.69, 9.17) is 34.8 Å². The molecule has 0 fully saturated rings. The van der Waals surface area contributed by atoms with Crippen LogP contribution in [0.3, 0.4) is 0 Å². The number of nitrogens with zero attached hydrogens (tertiary/aromatic N) is 3. The second kappa shape index (κ2) is 8.74. The molecule has 1 amide bonds. The molecule has 0 aliphatic carbocycles. The first-order valence-electron chi connectivity index (χ1n) is 8.36. The molecule has 1 atom stereocenters. The van der Waals surface area contributed by atoms with Crippen LogP contribution in [0.1, 0.15) is 18.1 Å². The molecule has 146 valence electrons. The Morgan fingerprint density at radius 3 is 2.46 bits per heavy atom. The Balaban J connectivity index is 1.78. The summed E-state index contributed by atoms with van der Waals surface area (Å²) in [6.45, 7) is 5.84. The second-order valence-electron chi connectivity index (χ2n) is 6.27. The van der Waals surface area contributed by atoms with E-state index in [1.54, 1.807) is 13.3 Å². The first-order valence-corrected chi connectivity index (χ1v) is 10.4. The van der Waals surface area contributed by atoms with Gasteiger partial charge in [0.2, 0.25) is 5.91 Å². The van der Waals surface area contributed by atoms with Crippen molar-refractivity contribution in [2.75, 3.05) is 5.32 Å². The third-order valence-corrected chi connectivity index (χ3v) is 5.91. The van der Waals surface area contributed by atoms with E-state index in [1.807, 2.05) is 30.5 Å². The number of carbonyl (C=O) groups excluding carboxylic acids is 1. The summed E-state index contributed by atoms with van der Waals surface area (Å²) in [7, 11) is 0. The number of carbonyl (C=O) groups is 1. The van der Waals surface area contributed by atoms with Gasteiger partial charge in [0.15, 0.2) is 5.16 Å². The molecule has 0 bridgehead atoms. The summed E-state index contributed by atoms with van der Waals surface area (Å²) in [5.74, 6) is -0.258. The van der Waals surface area contributed by atoms with Gasteiger partial charge in [-0.1, -0.05) is 64.3 Å². The number of rotatable bonds is 5. The number of hydrogen-bond acceptors (Lipinski definition) is 4. The van der Waals surface area contributed by atoms with Gasteiger partial charge in [-0.25, -0.2) is 0 Å². The van der Waals surface area contributed by atoms with Crippen molar-refractivity contribution in [1.29, 1.82) is 0 Å². The van der Waals surface area contributed by atoms with E-state index in [2.05, 4.69) is 21.6 Å². The van der Waals surface area contributed by atoms with Crippen LogP contribution in [0.2, 0.25) is 15.1 Å². The molecule has 3 aromatic rings. The molecule has 1 unspecified atom stereocenters. The largest absolute Gasteiger partial charge is 0.323 e. The molecule has 0 saturated heterocycles. The molecule has 28 heavy (non-hydrogen) atoms. The molecule has 0 saturated carbocycles. The Labute approximate surface area is 182 Å². The quantitative estimate of drug-likeness (QED) is 0.482. The Kier molecular flexibility index (Phi) is 6.55. The van der Waals surface area contributed by atoms with E-state index in [9.17, 15) is 4.79 Å². The van der Waals surface area contributed by atoms with Crippen molar-refractivity contribution in [2.45, 2.75) is 31.2 Å². The fourth-order valence-electron chi connectivity index (χ4n) is 2.64. The van der Waals surface area contributed by atoms with Crippen LogP contribution in [0.15, 0.2) is 41.8 Å². The van der Waals surface area contributed by atoms with Crippen molar-refractivity contribution in [1.82, 2.24) is 14.8 Å². The number of amides is 1. The summed E-state index contributed by atoms with van der Waals surface area (Å²) in [6, 6.07) is 9.18. The predicted octanol–water partition coefficient (Wildman–Crippen LogP) is 5.96. The molecular weight excluding hydrogens is 439 g/mol. The van der Waals surface area contributed by atoms with Crippen LogP contribution in [0.5, 0.6) is 0 Å². The molecule has 2 aromatic carbocycles. The van der Waals surface area contributed by atoms with Gasteiger partial charge in [-0.3, -0.25) is 9.36 Å². The third kappa shape index (κ3) is 4.63. The lowest BCUT2D eigenvalue weighted by Crippen LogP contribution is -2.23. The maximum absolute atomic E-state index is 12.6. The molecule has 3 rings (SSSR count). The predicted molar refractivity (Wildman–Crippen MR) is 116 cm³/mol. The van der Waals surface area contributed by atoms with Crippen molar-refractivity contribution in [3.8, 4) is 5.69 Å². The smallest absolute Gasteiger partial charge is 0.237 e. The van der Waals surface area contributed by atoms with Crippen LogP contribution in [0.4, 0.5) is 5.69 Å². The lowest BCUT2D eigenvalue weighted by Gasteiger charge is -2.15. The average molecular weight is 456 g/mol. The Hall–Kier alpha value is -1.73. The van der Waals surface area contributed by atoms with Crippen molar-refractivity contribution in [3.05, 3.63) is 62.9 Å². The second-order valence-corrected chi connectivity index (χ2v) is 8.83. The maximum Gasteiger partial charge on any atom is 0.237 e. The number of benzene rings is 2. The van der Waals surface area contributed by atoms with Crippen LogP contribution in [0.25, 0.3) is 5.69 Å².